The summed E-state index contributed by atoms with van der Waals surface area (Å²) in [6, 6.07) is 14.1. The minimum Gasteiger partial charge on any atom is -0.461 e. The highest BCUT2D eigenvalue weighted by atomic mass is 32.1. The predicted octanol–water partition coefficient (Wildman–Crippen LogP) is 8.65. The van der Waals surface area contributed by atoms with E-state index in [4.69, 9.17) is 13.9 Å². The van der Waals surface area contributed by atoms with Gasteiger partial charge < -0.3 is 13.9 Å². The molecule has 198 valence electrons. The maximum Gasteiger partial charge on any atom is 0.380 e. The first-order valence-electron chi connectivity index (χ1n) is 11.8. The van der Waals surface area contributed by atoms with Crippen LogP contribution in [0.15, 0.2) is 59.0 Å². The summed E-state index contributed by atoms with van der Waals surface area (Å²) < 4.78 is 108. The van der Waals surface area contributed by atoms with E-state index in [0.717, 1.165) is 16.9 Å². The average Bonchev–Trinajstić information content (AvgIpc) is 3.62. The molecule has 2 aromatic heterocycles. The Balaban J connectivity index is 1.55. The van der Waals surface area contributed by atoms with Gasteiger partial charge in [0.2, 0.25) is 0 Å². The van der Waals surface area contributed by atoms with Crippen molar-refractivity contribution in [2.24, 2.45) is 0 Å². The number of alkyl halides is 6. The summed E-state index contributed by atoms with van der Waals surface area (Å²) in [5, 5.41) is 0.0609. The molecule has 10 heteroatoms. The minimum absolute atomic E-state index is 0.0609. The van der Waals surface area contributed by atoms with Gasteiger partial charge in [-0.1, -0.05) is 42.5 Å². The van der Waals surface area contributed by atoms with Crippen LogP contribution in [0.3, 0.4) is 0 Å². The SMILES string of the molecule is Cc1oc2ccccc2c1C1=C(c2cc(-c3ccc(C4OCCO4)cc3)sc2C)C(F)(F)C(F)(F)C1(F)F. The van der Waals surface area contributed by atoms with Gasteiger partial charge in [-0.3, -0.25) is 0 Å². The normalized spacial score (nSPS) is 20.6. The molecule has 0 radical (unpaired) electrons. The topological polar surface area (TPSA) is 31.6 Å². The van der Waals surface area contributed by atoms with Crippen LogP contribution >= 0.6 is 11.3 Å². The highest BCUT2D eigenvalue weighted by Crippen LogP contribution is 2.66. The van der Waals surface area contributed by atoms with Crippen LogP contribution in [-0.2, 0) is 9.47 Å². The second-order valence-electron chi connectivity index (χ2n) is 9.28. The van der Waals surface area contributed by atoms with Crippen molar-refractivity contribution < 1.29 is 40.2 Å². The highest BCUT2D eigenvalue weighted by molar-refractivity contribution is 7.15. The van der Waals surface area contributed by atoms with Crippen LogP contribution in [0.2, 0.25) is 0 Å². The van der Waals surface area contributed by atoms with Gasteiger partial charge in [-0.25, -0.2) is 0 Å². The zero-order chi connectivity index (χ0) is 27.0. The van der Waals surface area contributed by atoms with E-state index in [1.54, 1.807) is 30.3 Å². The Kier molecular flexibility index (Phi) is 5.61. The van der Waals surface area contributed by atoms with E-state index in [0.29, 0.717) is 23.7 Å². The van der Waals surface area contributed by atoms with Crippen molar-refractivity contribution >= 4 is 33.5 Å². The van der Waals surface area contributed by atoms with Crippen molar-refractivity contribution in [2.75, 3.05) is 13.2 Å². The molecular weight excluding hydrogens is 530 g/mol. The van der Waals surface area contributed by atoms with E-state index in [1.807, 2.05) is 0 Å². The van der Waals surface area contributed by atoms with Crippen molar-refractivity contribution in [3.63, 3.8) is 0 Å². The monoisotopic (exact) mass is 550 g/mol. The van der Waals surface area contributed by atoms with Gasteiger partial charge in [0.15, 0.2) is 6.29 Å². The third-order valence-electron chi connectivity index (χ3n) is 6.96. The molecule has 0 spiro atoms. The first kappa shape index (κ1) is 25.2. The number of benzene rings is 2. The molecule has 1 saturated heterocycles. The minimum atomic E-state index is -5.65. The molecule has 1 fully saturated rings. The van der Waals surface area contributed by atoms with Crippen LogP contribution < -0.4 is 0 Å². The Hall–Kier alpha value is -3.08. The number of fused-ring (bicyclic) bond motifs is 1. The van der Waals surface area contributed by atoms with E-state index in [9.17, 15) is 8.78 Å². The van der Waals surface area contributed by atoms with E-state index < -0.39 is 40.8 Å². The van der Waals surface area contributed by atoms with E-state index in [-0.39, 0.29) is 27.2 Å². The Labute approximate surface area is 217 Å². The van der Waals surface area contributed by atoms with Crippen molar-refractivity contribution in [2.45, 2.75) is 37.9 Å². The third kappa shape index (κ3) is 3.43. The largest absolute Gasteiger partial charge is 0.461 e. The molecule has 2 aromatic carbocycles. The number of halogens is 6. The molecule has 0 bridgehead atoms. The lowest BCUT2D eigenvalue weighted by Gasteiger charge is -2.25. The van der Waals surface area contributed by atoms with Gasteiger partial charge in [0.05, 0.1) is 13.2 Å². The van der Waals surface area contributed by atoms with Gasteiger partial charge in [0, 0.05) is 37.4 Å². The molecule has 2 aliphatic rings. The lowest BCUT2D eigenvalue weighted by Crippen LogP contribution is -2.48. The summed E-state index contributed by atoms with van der Waals surface area (Å²) >= 11 is 1.06. The Morgan fingerprint density at radius 1 is 0.816 bits per heavy atom. The lowest BCUT2D eigenvalue weighted by molar-refractivity contribution is -0.254. The van der Waals surface area contributed by atoms with Gasteiger partial charge >= 0.3 is 17.8 Å². The van der Waals surface area contributed by atoms with E-state index in [1.165, 1.54) is 38.1 Å². The molecule has 1 aliphatic heterocycles. The number of furan rings is 1. The molecule has 3 heterocycles. The van der Waals surface area contributed by atoms with Crippen LogP contribution in [0.1, 0.15) is 33.6 Å². The number of hydrogen-bond acceptors (Lipinski definition) is 4. The molecule has 38 heavy (non-hydrogen) atoms. The average molecular weight is 551 g/mol. The summed E-state index contributed by atoms with van der Waals surface area (Å²) in [6.45, 7) is 3.68. The first-order chi connectivity index (χ1) is 17.9. The zero-order valence-corrected chi connectivity index (χ0v) is 20.9. The number of hydrogen-bond donors (Lipinski definition) is 0. The number of rotatable bonds is 4. The quantitative estimate of drug-likeness (QED) is 0.238. The predicted molar refractivity (Wildman–Crippen MR) is 132 cm³/mol. The highest BCUT2D eigenvalue weighted by Gasteiger charge is 2.80. The number of para-hydroxylation sites is 1. The van der Waals surface area contributed by atoms with Crippen LogP contribution in [-0.4, -0.2) is 31.0 Å². The van der Waals surface area contributed by atoms with Crippen LogP contribution in [0, 0.1) is 13.8 Å². The molecule has 0 amide bonds. The van der Waals surface area contributed by atoms with Gasteiger partial charge in [-0.2, -0.15) is 26.3 Å². The molecule has 0 saturated carbocycles. The van der Waals surface area contributed by atoms with Crippen molar-refractivity contribution in [3.05, 3.63) is 81.9 Å². The molecular formula is C28H20F6O3S. The summed E-state index contributed by atoms with van der Waals surface area (Å²) in [6.07, 6.45) is -0.507. The van der Waals surface area contributed by atoms with Gasteiger partial charge in [-0.05, 0) is 37.1 Å². The number of allylic oxidation sites excluding steroid dienone is 2. The maximum atomic E-state index is 15.4. The lowest BCUT2D eigenvalue weighted by atomic mass is 9.93. The van der Waals surface area contributed by atoms with Crippen molar-refractivity contribution in [1.29, 1.82) is 0 Å². The van der Waals surface area contributed by atoms with Gasteiger partial charge in [0.25, 0.3) is 0 Å². The summed E-state index contributed by atoms with van der Waals surface area (Å²) in [7, 11) is 0. The summed E-state index contributed by atoms with van der Waals surface area (Å²) in [4.78, 5) is 0.671. The fourth-order valence-electron chi connectivity index (χ4n) is 5.12. The number of ether oxygens (including phenoxy) is 2. The fourth-order valence-corrected chi connectivity index (χ4v) is 6.15. The number of aryl methyl sites for hydroxylation is 2. The molecule has 1 aliphatic carbocycles. The molecule has 0 atom stereocenters. The summed E-state index contributed by atoms with van der Waals surface area (Å²) in [5.41, 5.74) is -2.07. The summed E-state index contributed by atoms with van der Waals surface area (Å²) in [5.74, 6) is -16.1. The Bertz CT molecular complexity index is 1580. The molecule has 3 nitrogen and oxygen atoms in total. The maximum absolute atomic E-state index is 15.4. The molecule has 0 unspecified atom stereocenters. The van der Waals surface area contributed by atoms with Crippen LogP contribution in [0.5, 0.6) is 0 Å². The number of thiophene rings is 1. The second-order valence-corrected chi connectivity index (χ2v) is 10.5. The second kappa shape index (κ2) is 8.46. The Morgan fingerprint density at radius 3 is 2.13 bits per heavy atom. The smallest absolute Gasteiger partial charge is 0.380 e. The van der Waals surface area contributed by atoms with Crippen molar-refractivity contribution in [1.82, 2.24) is 0 Å². The van der Waals surface area contributed by atoms with E-state index >= 15 is 17.6 Å². The first-order valence-corrected chi connectivity index (χ1v) is 12.6. The zero-order valence-electron chi connectivity index (χ0n) is 20.1. The van der Waals surface area contributed by atoms with Gasteiger partial charge in [0.1, 0.15) is 11.3 Å². The Morgan fingerprint density at radius 2 is 1.45 bits per heavy atom. The van der Waals surface area contributed by atoms with Crippen LogP contribution in [0.25, 0.3) is 32.6 Å². The standard InChI is InChI=1S/C28H20F6O3S/c1-14-22(18-5-3-4-6-20(18)37-14)24-23(26(29,30)28(33,34)27(24,31)32)19-13-21(38-15(19)2)16-7-9-17(10-8-16)25-35-11-12-36-25/h3-10,13,25H,11-12H2,1-2H3. The van der Waals surface area contributed by atoms with Gasteiger partial charge in [-0.15, -0.1) is 11.3 Å². The third-order valence-corrected chi connectivity index (χ3v) is 8.06. The molecule has 4 aromatic rings. The van der Waals surface area contributed by atoms with E-state index in [2.05, 4.69) is 0 Å². The van der Waals surface area contributed by atoms with Crippen LogP contribution in [0.4, 0.5) is 26.3 Å². The fraction of sp³-hybridized carbons (Fsp3) is 0.286. The molecule has 0 N–H and O–H groups in total. The van der Waals surface area contributed by atoms with Crippen molar-refractivity contribution in [3.8, 4) is 10.4 Å². The molecule has 6 rings (SSSR count).